The highest BCUT2D eigenvalue weighted by Crippen LogP contribution is 2.41. The summed E-state index contributed by atoms with van der Waals surface area (Å²) in [5.74, 6) is 2.22. The van der Waals surface area contributed by atoms with E-state index in [2.05, 4.69) is 15.3 Å². The van der Waals surface area contributed by atoms with Crippen LogP contribution in [0, 0.1) is 0 Å². The lowest BCUT2D eigenvalue weighted by molar-refractivity contribution is 0.548. The van der Waals surface area contributed by atoms with Gasteiger partial charge in [-0.3, -0.25) is 0 Å². The predicted octanol–water partition coefficient (Wildman–Crippen LogP) is 0.714. The van der Waals surface area contributed by atoms with Gasteiger partial charge in [-0.15, -0.1) is 5.10 Å². The number of nitrogens with two attached hydrogens (primary N) is 1. The minimum absolute atomic E-state index is 0.575. The number of nitrogen functional groups attached to an aromatic ring is 1. The second-order valence-electron chi connectivity index (χ2n) is 4.56. The first-order chi connectivity index (χ1) is 8.25. The van der Waals surface area contributed by atoms with Crippen LogP contribution in [-0.2, 0) is 20.0 Å². The summed E-state index contributed by atoms with van der Waals surface area (Å²) in [6, 6.07) is 0. The molecule has 0 spiro atoms. The fraction of sp³-hybridized carbons (Fsp3) is 0.545. The summed E-state index contributed by atoms with van der Waals surface area (Å²) in [4.78, 5) is 4.30. The van der Waals surface area contributed by atoms with Gasteiger partial charge < -0.3 is 10.3 Å². The summed E-state index contributed by atoms with van der Waals surface area (Å²) in [5, 5.41) is 8.07. The molecule has 3 rings (SSSR count). The Morgan fingerprint density at radius 3 is 2.94 bits per heavy atom. The van der Waals surface area contributed by atoms with Gasteiger partial charge in [-0.2, -0.15) is 0 Å². The molecule has 0 amide bonds. The van der Waals surface area contributed by atoms with Crippen molar-refractivity contribution in [2.45, 2.75) is 31.7 Å². The molecule has 1 aliphatic carbocycles. The van der Waals surface area contributed by atoms with Crippen molar-refractivity contribution in [3.05, 3.63) is 23.9 Å². The standard InChI is InChI=1S/C11H16N6/c1-16-7-5-13-9(16)4-6-17-10(8-2-3-8)11(12)14-15-17/h5,7-8H,2-4,6,12H2,1H3. The maximum atomic E-state index is 5.85. The van der Waals surface area contributed by atoms with Crippen LogP contribution in [0.25, 0.3) is 0 Å². The number of imidazole rings is 1. The third-order valence-electron chi connectivity index (χ3n) is 3.23. The summed E-state index contributed by atoms with van der Waals surface area (Å²) >= 11 is 0. The van der Waals surface area contributed by atoms with Gasteiger partial charge in [0.05, 0.1) is 12.2 Å². The molecule has 0 aliphatic heterocycles. The molecule has 2 heterocycles. The molecule has 17 heavy (non-hydrogen) atoms. The quantitative estimate of drug-likeness (QED) is 0.842. The lowest BCUT2D eigenvalue weighted by Gasteiger charge is -2.05. The maximum Gasteiger partial charge on any atom is 0.169 e. The van der Waals surface area contributed by atoms with Gasteiger partial charge in [0.25, 0.3) is 0 Å². The molecule has 0 radical (unpaired) electrons. The molecule has 1 fully saturated rings. The van der Waals surface area contributed by atoms with Crippen molar-refractivity contribution < 1.29 is 0 Å². The highest BCUT2D eigenvalue weighted by atomic mass is 15.4. The number of rotatable bonds is 4. The van der Waals surface area contributed by atoms with Crippen molar-refractivity contribution in [3.8, 4) is 0 Å². The Kier molecular flexibility index (Phi) is 2.35. The second kappa shape index (κ2) is 3.87. The third kappa shape index (κ3) is 1.90. The van der Waals surface area contributed by atoms with Crippen LogP contribution in [0.4, 0.5) is 5.82 Å². The SMILES string of the molecule is Cn1ccnc1CCn1nnc(N)c1C1CC1. The van der Waals surface area contributed by atoms with Crippen molar-refractivity contribution in [1.82, 2.24) is 24.5 Å². The number of nitrogens with zero attached hydrogens (tertiary/aromatic N) is 5. The molecule has 1 aliphatic rings. The Morgan fingerprint density at radius 2 is 2.29 bits per heavy atom. The van der Waals surface area contributed by atoms with Crippen molar-refractivity contribution >= 4 is 5.82 Å². The van der Waals surface area contributed by atoms with Crippen LogP contribution in [0.15, 0.2) is 12.4 Å². The molecule has 0 unspecified atom stereocenters. The zero-order valence-electron chi connectivity index (χ0n) is 9.87. The molecule has 2 N–H and O–H groups in total. The van der Waals surface area contributed by atoms with Crippen molar-refractivity contribution in [1.29, 1.82) is 0 Å². The van der Waals surface area contributed by atoms with Crippen molar-refractivity contribution in [2.24, 2.45) is 7.05 Å². The minimum Gasteiger partial charge on any atom is -0.381 e. The van der Waals surface area contributed by atoms with E-state index in [-0.39, 0.29) is 0 Å². The second-order valence-corrected chi connectivity index (χ2v) is 4.56. The fourth-order valence-electron chi connectivity index (χ4n) is 2.12. The molecule has 0 aromatic carbocycles. The van der Waals surface area contributed by atoms with Gasteiger partial charge in [0.1, 0.15) is 5.82 Å². The Bertz CT molecular complexity index is 522. The number of hydrogen-bond acceptors (Lipinski definition) is 4. The molecule has 2 aromatic heterocycles. The normalized spacial score (nSPS) is 15.4. The van der Waals surface area contributed by atoms with E-state index in [1.807, 2.05) is 28.7 Å². The first-order valence-corrected chi connectivity index (χ1v) is 5.90. The topological polar surface area (TPSA) is 74.5 Å². The highest BCUT2D eigenvalue weighted by molar-refractivity contribution is 5.38. The summed E-state index contributed by atoms with van der Waals surface area (Å²) in [5.41, 5.74) is 6.96. The van der Waals surface area contributed by atoms with Gasteiger partial charge in [0.15, 0.2) is 5.82 Å². The number of aryl methyl sites for hydroxylation is 3. The van der Waals surface area contributed by atoms with Crippen LogP contribution in [0.2, 0.25) is 0 Å². The Labute approximate surface area is 99.4 Å². The Balaban J connectivity index is 1.75. The van der Waals surface area contributed by atoms with Gasteiger partial charge in [-0.05, 0) is 12.8 Å². The van der Waals surface area contributed by atoms with E-state index in [1.165, 1.54) is 12.8 Å². The molecule has 2 aromatic rings. The number of anilines is 1. The van der Waals surface area contributed by atoms with Crippen molar-refractivity contribution in [2.75, 3.05) is 5.73 Å². The van der Waals surface area contributed by atoms with Gasteiger partial charge >= 0.3 is 0 Å². The van der Waals surface area contributed by atoms with E-state index in [0.29, 0.717) is 11.7 Å². The third-order valence-corrected chi connectivity index (χ3v) is 3.23. The summed E-state index contributed by atoms with van der Waals surface area (Å²) in [7, 11) is 2.00. The summed E-state index contributed by atoms with van der Waals surface area (Å²) in [6.07, 6.45) is 7.03. The fourth-order valence-corrected chi connectivity index (χ4v) is 2.12. The van der Waals surface area contributed by atoms with Crippen LogP contribution in [0.1, 0.15) is 30.3 Å². The van der Waals surface area contributed by atoms with Gasteiger partial charge in [0.2, 0.25) is 0 Å². The van der Waals surface area contributed by atoms with E-state index in [1.54, 1.807) is 0 Å². The van der Waals surface area contributed by atoms with E-state index in [4.69, 9.17) is 5.73 Å². The highest BCUT2D eigenvalue weighted by Gasteiger charge is 2.30. The van der Waals surface area contributed by atoms with Crippen LogP contribution in [-0.4, -0.2) is 24.5 Å². The zero-order chi connectivity index (χ0) is 11.8. The van der Waals surface area contributed by atoms with Crippen LogP contribution < -0.4 is 5.73 Å². The summed E-state index contributed by atoms with van der Waals surface area (Å²) in [6.45, 7) is 0.793. The molecule has 6 heteroatoms. The lowest BCUT2D eigenvalue weighted by Crippen LogP contribution is -2.10. The molecule has 0 atom stereocenters. The van der Waals surface area contributed by atoms with Gasteiger partial charge in [-0.1, -0.05) is 5.21 Å². The predicted molar refractivity (Wildman–Crippen MR) is 63.3 cm³/mol. The molecular weight excluding hydrogens is 216 g/mol. The molecule has 1 saturated carbocycles. The first kappa shape index (κ1) is 10.3. The van der Waals surface area contributed by atoms with Gasteiger partial charge in [-0.25, -0.2) is 9.67 Å². The molecule has 90 valence electrons. The Hall–Kier alpha value is -1.85. The Morgan fingerprint density at radius 1 is 1.47 bits per heavy atom. The first-order valence-electron chi connectivity index (χ1n) is 5.90. The van der Waals surface area contributed by atoms with Gasteiger partial charge in [0, 0.05) is 31.8 Å². The van der Waals surface area contributed by atoms with E-state index in [0.717, 1.165) is 24.5 Å². The average Bonchev–Trinajstić information content (AvgIpc) is 2.96. The number of hydrogen-bond donors (Lipinski definition) is 1. The lowest BCUT2D eigenvalue weighted by atomic mass is 10.3. The number of aromatic nitrogens is 5. The van der Waals surface area contributed by atoms with E-state index in [9.17, 15) is 0 Å². The largest absolute Gasteiger partial charge is 0.381 e. The maximum absolute atomic E-state index is 5.85. The van der Waals surface area contributed by atoms with Crippen molar-refractivity contribution in [3.63, 3.8) is 0 Å². The summed E-state index contributed by atoms with van der Waals surface area (Å²) < 4.78 is 3.96. The van der Waals surface area contributed by atoms with E-state index < -0.39 is 0 Å². The molecular formula is C11H16N6. The van der Waals surface area contributed by atoms with Crippen LogP contribution in [0.3, 0.4) is 0 Å². The van der Waals surface area contributed by atoms with E-state index >= 15 is 0 Å². The molecule has 0 saturated heterocycles. The minimum atomic E-state index is 0.575. The monoisotopic (exact) mass is 232 g/mol. The molecule has 6 nitrogen and oxygen atoms in total. The smallest absolute Gasteiger partial charge is 0.169 e. The van der Waals surface area contributed by atoms with Crippen LogP contribution >= 0.6 is 0 Å². The molecule has 0 bridgehead atoms. The zero-order valence-corrected chi connectivity index (χ0v) is 9.87. The average molecular weight is 232 g/mol. The van der Waals surface area contributed by atoms with Crippen LogP contribution in [0.5, 0.6) is 0 Å².